The minimum absolute atomic E-state index is 0.0624. The van der Waals surface area contributed by atoms with Crippen LogP contribution in [0.5, 0.6) is 5.75 Å². The number of anilines is 1. The maximum absolute atomic E-state index is 13.6. The van der Waals surface area contributed by atoms with Gasteiger partial charge in [-0.1, -0.05) is 23.2 Å². The Hall–Kier alpha value is -2.85. The molecule has 0 N–H and O–H groups in total. The molecule has 3 aromatic rings. The van der Waals surface area contributed by atoms with Gasteiger partial charge >= 0.3 is 0 Å². The first-order chi connectivity index (χ1) is 15.7. The van der Waals surface area contributed by atoms with Crippen molar-refractivity contribution in [1.82, 2.24) is 4.31 Å². The summed E-state index contributed by atoms with van der Waals surface area (Å²) in [6.07, 6.45) is 1.04. The maximum Gasteiger partial charge on any atom is 0.252 e. The third kappa shape index (κ3) is 4.49. The van der Waals surface area contributed by atoms with Crippen molar-refractivity contribution in [1.29, 1.82) is 0 Å². The van der Waals surface area contributed by atoms with Crippen LogP contribution >= 0.6 is 23.2 Å². The van der Waals surface area contributed by atoms with Gasteiger partial charge in [0.05, 0.1) is 37.0 Å². The lowest BCUT2D eigenvalue weighted by Crippen LogP contribution is -2.45. The average molecular weight is 509 g/mol. The van der Waals surface area contributed by atoms with Crippen LogP contribution in [0.1, 0.15) is 12.2 Å². The highest BCUT2D eigenvalue weighted by atomic mass is 35.5. The van der Waals surface area contributed by atoms with Gasteiger partial charge in [0.2, 0.25) is 15.9 Å². The van der Waals surface area contributed by atoms with Crippen molar-refractivity contribution in [2.45, 2.75) is 23.9 Å². The standard InChI is InChI=1S/C22H18Cl2N2O6S/c1-31-16-7-5-15(6-8-16)26-21(27)12-19(22(26)28)25(13-17-3-2-10-32-17)33(29,30)20-11-14(23)4-9-18(20)24/h2-11,19H,12-13H2,1H3. The van der Waals surface area contributed by atoms with Crippen LogP contribution in [0.25, 0.3) is 0 Å². The number of carbonyl (C=O) groups is 2. The van der Waals surface area contributed by atoms with Crippen molar-refractivity contribution in [3.8, 4) is 5.75 Å². The number of carbonyl (C=O) groups excluding carboxylic acids is 2. The Bertz CT molecular complexity index is 1290. The molecular formula is C22H18Cl2N2O6S. The summed E-state index contributed by atoms with van der Waals surface area (Å²) in [5.74, 6) is -0.377. The first-order valence-corrected chi connectivity index (χ1v) is 11.9. The summed E-state index contributed by atoms with van der Waals surface area (Å²) in [7, 11) is -2.85. The minimum atomic E-state index is -4.35. The number of sulfonamides is 1. The second kappa shape index (κ2) is 9.18. The van der Waals surface area contributed by atoms with Gasteiger partial charge in [-0.2, -0.15) is 4.31 Å². The van der Waals surface area contributed by atoms with E-state index in [-0.39, 0.29) is 27.9 Å². The van der Waals surface area contributed by atoms with Crippen molar-refractivity contribution >= 4 is 50.7 Å². The molecule has 1 saturated heterocycles. The lowest BCUT2D eigenvalue weighted by atomic mass is 10.2. The van der Waals surface area contributed by atoms with Crippen LogP contribution in [0.2, 0.25) is 10.0 Å². The molecule has 0 aliphatic carbocycles. The van der Waals surface area contributed by atoms with Gasteiger partial charge in [0.1, 0.15) is 22.4 Å². The van der Waals surface area contributed by atoms with Gasteiger partial charge in [0.15, 0.2) is 0 Å². The summed E-state index contributed by atoms with van der Waals surface area (Å²) in [5, 5.41) is 0.0947. The Labute approximate surface area is 200 Å². The monoisotopic (exact) mass is 508 g/mol. The lowest BCUT2D eigenvalue weighted by molar-refractivity contribution is -0.122. The van der Waals surface area contributed by atoms with Gasteiger partial charge in [-0.3, -0.25) is 9.59 Å². The quantitative estimate of drug-likeness (QED) is 0.445. The highest BCUT2D eigenvalue weighted by molar-refractivity contribution is 7.89. The molecule has 33 heavy (non-hydrogen) atoms. The molecule has 2 aromatic carbocycles. The van der Waals surface area contributed by atoms with E-state index in [1.165, 1.54) is 31.6 Å². The molecule has 1 fully saturated rings. The zero-order valence-corrected chi connectivity index (χ0v) is 19.6. The fraction of sp³-hybridized carbons (Fsp3) is 0.182. The number of amides is 2. The summed E-state index contributed by atoms with van der Waals surface area (Å²) < 4.78 is 38.6. The fourth-order valence-corrected chi connectivity index (χ4v) is 5.85. The van der Waals surface area contributed by atoms with Crippen LogP contribution in [0.15, 0.2) is 70.2 Å². The smallest absolute Gasteiger partial charge is 0.252 e. The van der Waals surface area contributed by atoms with Gasteiger partial charge in [-0.05, 0) is 54.6 Å². The van der Waals surface area contributed by atoms with Crippen LogP contribution in [0, 0.1) is 0 Å². The van der Waals surface area contributed by atoms with Crippen LogP contribution < -0.4 is 9.64 Å². The first kappa shape index (κ1) is 23.3. The number of benzene rings is 2. The van der Waals surface area contributed by atoms with Crippen molar-refractivity contribution in [3.05, 3.63) is 76.7 Å². The van der Waals surface area contributed by atoms with Crippen LogP contribution in [-0.2, 0) is 26.2 Å². The van der Waals surface area contributed by atoms with E-state index >= 15 is 0 Å². The molecular weight excluding hydrogens is 491 g/mol. The van der Waals surface area contributed by atoms with Crippen LogP contribution in [0.3, 0.4) is 0 Å². The SMILES string of the molecule is COc1ccc(N2C(=O)CC(N(Cc3ccco3)S(=O)(=O)c3cc(Cl)ccc3Cl)C2=O)cc1. The molecule has 0 radical (unpaired) electrons. The highest BCUT2D eigenvalue weighted by Gasteiger charge is 2.47. The van der Waals surface area contributed by atoms with E-state index < -0.39 is 27.9 Å². The lowest BCUT2D eigenvalue weighted by Gasteiger charge is -2.26. The first-order valence-electron chi connectivity index (χ1n) is 9.72. The normalized spacial score (nSPS) is 16.6. The Morgan fingerprint density at radius 1 is 1.12 bits per heavy atom. The average Bonchev–Trinajstić information content (AvgIpc) is 3.41. The molecule has 172 valence electrons. The fourth-order valence-electron chi connectivity index (χ4n) is 3.56. The Kier molecular flexibility index (Phi) is 6.49. The molecule has 1 unspecified atom stereocenters. The summed E-state index contributed by atoms with van der Waals surface area (Å²) in [6.45, 7) is -0.279. The van der Waals surface area contributed by atoms with E-state index in [1.54, 1.807) is 36.4 Å². The number of nitrogens with zero attached hydrogens (tertiary/aromatic N) is 2. The van der Waals surface area contributed by atoms with Gasteiger partial charge in [-0.15, -0.1) is 0 Å². The predicted molar refractivity (Wildman–Crippen MR) is 122 cm³/mol. The van der Waals surface area contributed by atoms with E-state index in [2.05, 4.69) is 0 Å². The molecule has 1 aromatic heterocycles. The molecule has 0 spiro atoms. The van der Waals surface area contributed by atoms with Crippen molar-refractivity contribution in [2.24, 2.45) is 0 Å². The number of rotatable bonds is 7. The third-order valence-corrected chi connectivity index (χ3v) is 7.74. The topological polar surface area (TPSA) is 97.1 Å². The van der Waals surface area contributed by atoms with Crippen molar-refractivity contribution in [3.63, 3.8) is 0 Å². The van der Waals surface area contributed by atoms with E-state index in [9.17, 15) is 18.0 Å². The molecule has 11 heteroatoms. The predicted octanol–water partition coefficient (Wildman–Crippen LogP) is 4.12. The summed E-state index contributed by atoms with van der Waals surface area (Å²) in [6, 6.07) is 12.2. The van der Waals surface area contributed by atoms with E-state index in [1.807, 2.05) is 0 Å². The minimum Gasteiger partial charge on any atom is -0.497 e. The van der Waals surface area contributed by atoms with Crippen molar-refractivity contribution in [2.75, 3.05) is 12.0 Å². The number of hydrogen-bond acceptors (Lipinski definition) is 6. The maximum atomic E-state index is 13.6. The Balaban J connectivity index is 1.75. The zero-order chi connectivity index (χ0) is 23.8. The number of hydrogen-bond donors (Lipinski definition) is 0. The second-order valence-corrected chi connectivity index (χ2v) is 9.89. The third-order valence-electron chi connectivity index (χ3n) is 5.17. The number of imide groups is 1. The van der Waals surface area contributed by atoms with Gasteiger partial charge in [-0.25, -0.2) is 13.3 Å². The molecule has 1 atom stereocenters. The summed E-state index contributed by atoms with van der Waals surface area (Å²) in [5.41, 5.74) is 0.310. The second-order valence-electron chi connectivity index (χ2n) is 7.19. The largest absolute Gasteiger partial charge is 0.497 e. The molecule has 2 amide bonds. The van der Waals surface area contributed by atoms with Crippen LogP contribution in [-0.4, -0.2) is 37.7 Å². The molecule has 0 saturated carbocycles. The summed E-state index contributed by atoms with van der Waals surface area (Å²) in [4.78, 5) is 26.9. The zero-order valence-electron chi connectivity index (χ0n) is 17.3. The number of halogens is 2. The molecule has 1 aliphatic heterocycles. The number of furan rings is 1. The van der Waals surface area contributed by atoms with Crippen molar-refractivity contribution < 1.29 is 27.2 Å². The Morgan fingerprint density at radius 2 is 1.85 bits per heavy atom. The molecule has 1 aliphatic rings. The van der Waals surface area contributed by atoms with Gasteiger partial charge < -0.3 is 9.15 Å². The van der Waals surface area contributed by atoms with E-state index in [4.69, 9.17) is 32.4 Å². The Morgan fingerprint density at radius 3 is 2.48 bits per heavy atom. The van der Waals surface area contributed by atoms with Gasteiger partial charge in [0, 0.05) is 5.02 Å². The molecule has 8 nitrogen and oxygen atoms in total. The molecule has 0 bridgehead atoms. The van der Waals surface area contributed by atoms with E-state index in [0.717, 1.165) is 9.21 Å². The summed E-state index contributed by atoms with van der Waals surface area (Å²) >= 11 is 12.2. The number of ether oxygens (including phenoxy) is 1. The van der Waals surface area contributed by atoms with Gasteiger partial charge in [0.25, 0.3) is 5.91 Å². The van der Waals surface area contributed by atoms with E-state index in [0.29, 0.717) is 17.2 Å². The highest BCUT2D eigenvalue weighted by Crippen LogP contribution is 2.34. The molecule has 2 heterocycles. The number of methoxy groups -OCH3 is 1. The molecule has 4 rings (SSSR count). The van der Waals surface area contributed by atoms with Crippen LogP contribution in [0.4, 0.5) is 5.69 Å².